The molecule has 0 bridgehead atoms. The van der Waals surface area contributed by atoms with Gasteiger partial charge in [-0.05, 0) is 66.7 Å². The first-order chi connectivity index (χ1) is 16.4. The largest absolute Gasteiger partial charge is 0.490 e. The first-order valence-corrected chi connectivity index (χ1v) is 11.8. The average molecular weight is 518 g/mol. The highest BCUT2D eigenvalue weighted by atomic mass is 35.5. The number of benzene rings is 3. The molecule has 174 valence electrons. The maximum Gasteiger partial charge on any atom is 0.298 e. The zero-order valence-corrected chi connectivity index (χ0v) is 20.2. The van der Waals surface area contributed by atoms with Gasteiger partial charge in [-0.25, -0.2) is 9.29 Å². The zero-order chi connectivity index (χ0) is 24.2. The minimum absolute atomic E-state index is 0.0363. The van der Waals surface area contributed by atoms with Crippen molar-refractivity contribution in [2.45, 2.75) is 13.5 Å². The van der Waals surface area contributed by atoms with Crippen molar-refractivity contribution < 1.29 is 23.5 Å². The topological polar surface area (TPSA) is 55.8 Å². The molecule has 0 spiro atoms. The summed E-state index contributed by atoms with van der Waals surface area (Å²) in [6, 6.07) is 16.0. The molecule has 2 amide bonds. The Bertz CT molecular complexity index is 1300. The van der Waals surface area contributed by atoms with E-state index in [1.807, 2.05) is 6.92 Å². The molecule has 3 aromatic rings. The van der Waals surface area contributed by atoms with Crippen molar-refractivity contribution in [1.29, 1.82) is 0 Å². The van der Waals surface area contributed by atoms with E-state index in [2.05, 4.69) is 0 Å². The summed E-state index contributed by atoms with van der Waals surface area (Å²) in [7, 11) is 0. The lowest BCUT2D eigenvalue weighted by atomic mass is 10.1. The maximum atomic E-state index is 13.9. The molecule has 1 saturated heterocycles. The molecule has 1 aliphatic heterocycles. The number of amides is 2. The van der Waals surface area contributed by atoms with Gasteiger partial charge in [0.2, 0.25) is 0 Å². The Morgan fingerprint density at radius 2 is 1.76 bits per heavy atom. The smallest absolute Gasteiger partial charge is 0.298 e. The van der Waals surface area contributed by atoms with E-state index in [0.29, 0.717) is 39.9 Å². The van der Waals surface area contributed by atoms with Crippen molar-refractivity contribution in [2.24, 2.45) is 0 Å². The van der Waals surface area contributed by atoms with E-state index < -0.39 is 11.1 Å². The molecule has 0 aliphatic carbocycles. The quantitative estimate of drug-likeness (QED) is 0.306. The van der Waals surface area contributed by atoms with Crippen LogP contribution in [-0.4, -0.2) is 17.8 Å². The highest BCUT2D eigenvalue weighted by Crippen LogP contribution is 2.38. The van der Waals surface area contributed by atoms with Gasteiger partial charge < -0.3 is 9.47 Å². The van der Waals surface area contributed by atoms with Crippen LogP contribution in [0, 0.1) is 5.82 Å². The lowest BCUT2D eigenvalue weighted by Gasteiger charge is -2.13. The van der Waals surface area contributed by atoms with Gasteiger partial charge in [0.05, 0.1) is 27.2 Å². The van der Waals surface area contributed by atoms with E-state index in [1.165, 1.54) is 18.2 Å². The monoisotopic (exact) mass is 517 g/mol. The van der Waals surface area contributed by atoms with Crippen molar-refractivity contribution in [3.05, 3.63) is 92.6 Å². The molecule has 0 unspecified atom stereocenters. The number of rotatable bonds is 7. The number of anilines is 1. The van der Waals surface area contributed by atoms with Crippen LogP contribution in [-0.2, 0) is 11.4 Å². The van der Waals surface area contributed by atoms with E-state index in [1.54, 1.807) is 48.5 Å². The predicted octanol–water partition coefficient (Wildman–Crippen LogP) is 7.35. The molecule has 0 N–H and O–H groups in total. The lowest BCUT2D eigenvalue weighted by Crippen LogP contribution is -2.27. The molecule has 5 nitrogen and oxygen atoms in total. The number of hydrogen-bond donors (Lipinski definition) is 0. The number of hydrogen-bond acceptors (Lipinski definition) is 5. The van der Waals surface area contributed by atoms with Crippen LogP contribution >= 0.6 is 35.0 Å². The fourth-order valence-corrected chi connectivity index (χ4v) is 4.37. The molecule has 34 heavy (non-hydrogen) atoms. The molecule has 0 atom stereocenters. The summed E-state index contributed by atoms with van der Waals surface area (Å²) >= 11 is 12.8. The van der Waals surface area contributed by atoms with E-state index in [-0.39, 0.29) is 22.4 Å². The zero-order valence-electron chi connectivity index (χ0n) is 17.9. The molecule has 3 aromatic carbocycles. The highest BCUT2D eigenvalue weighted by Gasteiger charge is 2.36. The summed E-state index contributed by atoms with van der Waals surface area (Å²) in [5.41, 5.74) is 1.40. The number of carbonyl (C=O) groups is 2. The van der Waals surface area contributed by atoms with E-state index in [0.717, 1.165) is 16.7 Å². The number of nitrogens with zero attached hydrogens (tertiary/aromatic N) is 1. The maximum absolute atomic E-state index is 13.9. The van der Waals surface area contributed by atoms with Crippen LogP contribution in [0.2, 0.25) is 10.0 Å². The third-order valence-corrected chi connectivity index (χ3v) is 6.47. The normalized spacial score (nSPS) is 14.7. The number of carbonyl (C=O) groups excluding carboxylic acids is 2. The fraction of sp³-hybridized carbons (Fsp3) is 0.120. The van der Waals surface area contributed by atoms with Gasteiger partial charge >= 0.3 is 0 Å². The third-order valence-electron chi connectivity index (χ3n) is 4.86. The van der Waals surface area contributed by atoms with Crippen molar-refractivity contribution in [2.75, 3.05) is 11.5 Å². The average Bonchev–Trinajstić information content (AvgIpc) is 3.09. The van der Waals surface area contributed by atoms with Crippen LogP contribution in [0.1, 0.15) is 18.1 Å². The second-order valence-electron chi connectivity index (χ2n) is 7.13. The molecule has 1 fully saturated rings. The molecule has 4 rings (SSSR count). The Balaban J connectivity index is 1.56. The Morgan fingerprint density at radius 1 is 0.971 bits per heavy atom. The van der Waals surface area contributed by atoms with Crippen molar-refractivity contribution in [1.82, 2.24) is 0 Å². The fourth-order valence-electron chi connectivity index (χ4n) is 3.24. The van der Waals surface area contributed by atoms with E-state index >= 15 is 0 Å². The lowest BCUT2D eigenvalue weighted by molar-refractivity contribution is -0.113. The summed E-state index contributed by atoms with van der Waals surface area (Å²) in [4.78, 5) is 26.8. The molecular weight excluding hydrogens is 500 g/mol. The van der Waals surface area contributed by atoms with Gasteiger partial charge in [-0.2, -0.15) is 0 Å². The molecule has 1 heterocycles. The molecule has 0 radical (unpaired) electrons. The molecule has 0 saturated carbocycles. The van der Waals surface area contributed by atoms with Gasteiger partial charge in [0.15, 0.2) is 11.5 Å². The minimum Gasteiger partial charge on any atom is -0.490 e. The second-order valence-corrected chi connectivity index (χ2v) is 8.94. The first kappa shape index (κ1) is 24.1. The summed E-state index contributed by atoms with van der Waals surface area (Å²) in [6.45, 7) is 2.25. The highest BCUT2D eigenvalue weighted by molar-refractivity contribution is 8.19. The molecule has 0 aromatic heterocycles. The number of imide groups is 1. The summed E-state index contributed by atoms with van der Waals surface area (Å²) < 4.78 is 25.3. The summed E-state index contributed by atoms with van der Waals surface area (Å²) in [5.74, 6) is 0.0588. The van der Waals surface area contributed by atoms with Gasteiger partial charge in [0.1, 0.15) is 12.4 Å². The van der Waals surface area contributed by atoms with Crippen LogP contribution in [0.3, 0.4) is 0 Å². The van der Waals surface area contributed by atoms with Gasteiger partial charge in [0, 0.05) is 5.56 Å². The Hall–Kier alpha value is -3.00. The predicted molar refractivity (Wildman–Crippen MR) is 133 cm³/mol. The van der Waals surface area contributed by atoms with E-state index in [4.69, 9.17) is 32.7 Å². The SMILES string of the molecule is CCOc1cc(/C=C2/SC(=O)N(c3ccc(Cl)c(Cl)c3)C2=O)ccc1OCc1ccccc1F. The van der Waals surface area contributed by atoms with E-state index in [9.17, 15) is 14.0 Å². The van der Waals surface area contributed by atoms with Crippen LogP contribution in [0.4, 0.5) is 14.9 Å². The Labute approximate surface area is 210 Å². The van der Waals surface area contributed by atoms with Crippen LogP contribution in [0.5, 0.6) is 11.5 Å². The van der Waals surface area contributed by atoms with Gasteiger partial charge in [-0.1, -0.05) is 47.5 Å². The third kappa shape index (κ3) is 5.22. The molecular formula is C25H18Cl2FNO4S. The van der Waals surface area contributed by atoms with Crippen molar-refractivity contribution in [3.8, 4) is 11.5 Å². The minimum atomic E-state index is -0.466. The number of ether oxygens (including phenoxy) is 2. The second kappa shape index (κ2) is 10.5. The Kier molecular flexibility index (Phi) is 7.46. The van der Waals surface area contributed by atoms with Crippen molar-refractivity contribution in [3.63, 3.8) is 0 Å². The number of thioether (sulfide) groups is 1. The first-order valence-electron chi connectivity index (χ1n) is 10.2. The van der Waals surface area contributed by atoms with Crippen LogP contribution in [0.25, 0.3) is 6.08 Å². The van der Waals surface area contributed by atoms with Crippen LogP contribution < -0.4 is 14.4 Å². The standard InChI is InChI=1S/C25H18Cl2FNO4S/c1-2-32-22-11-15(7-10-21(22)33-14-16-5-3-4-6-20(16)28)12-23-24(30)29(25(31)34-23)17-8-9-18(26)19(27)13-17/h3-13H,2,14H2,1H3/b23-12+. The van der Waals surface area contributed by atoms with Gasteiger partial charge in [0.25, 0.3) is 11.1 Å². The summed E-state index contributed by atoms with van der Waals surface area (Å²) in [6.07, 6.45) is 1.60. The van der Waals surface area contributed by atoms with Gasteiger partial charge in [-0.3, -0.25) is 9.59 Å². The Morgan fingerprint density at radius 3 is 2.50 bits per heavy atom. The molecule has 9 heteroatoms. The van der Waals surface area contributed by atoms with Gasteiger partial charge in [-0.15, -0.1) is 0 Å². The molecule has 1 aliphatic rings. The summed E-state index contributed by atoms with van der Waals surface area (Å²) in [5, 5.41) is 0.132. The van der Waals surface area contributed by atoms with Crippen LogP contribution in [0.15, 0.2) is 65.6 Å². The number of halogens is 3. The van der Waals surface area contributed by atoms with Crippen molar-refractivity contribution >= 4 is 57.9 Å².